The van der Waals surface area contributed by atoms with Crippen molar-refractivity contribution in [3.8, 4) is 0 Å². The molecule has 1 heterocycles. The largest absolute Gasteiger partial charge is 0.288 e. The molecule has 0 amide bonds. The van der Waals surface area contributed by atoms with E-state index in [-0.39, 0.29) is 5.43 Å². The van der Waals surface area contributed by atoms with Gasteiger partial charge < -0.3 is 0 Å². The van der Waals surface area contributed by atoms with Crippen LogP contribution in [0.1, 0.15) is 5.56 Å². The molecule has 0 aliphatic heterocycles. The normalized spacial score (nSPS) is 10.9. The fraction of sp³-hybridized carbons (Fsp3) is 0. The zero-order valence-corrected chi connectivity index (χ0v) is 11.0. The fourth-order valence-electron chi connectivity index (χ4n) is 2.10. The van der Waals surface area contributed by atoms with E-state index in [0.29, 0.717) is 15.8 Å². The highest BCUT2D eigenvalue weighted by Crippen LogP contribution is 2.30. The zero-order chi connectivity index (χ0) is 12.7. The van der Waals surface area contributed by atoms with Crippen molar-refractivity contribution >= 4 is 49.2 Å². The number of hydrogen-bond acceptors (Lipinski definition) is 2. The first kappa shape index (κ1) is 11.5. The van der Waals surface area contributed by atoms with Gasteiger partial charge in [0.25, 0.3) is 0 Å². The van der Waals surface area contributed by atoms with Crippen LogP contribution in [-0.4, -0.2) is 0 Å². The second-order valence-corrected chi connectivity index (χ2v) is 5.46. The summed E-state index contributed by atoms with van der Waals surface area (Å²) in [5.74, 6) is 0. The summed E-state index contributed by atoms with van der Waals surface area (Å²) < 4.78 is 1.88. The van der Waals surface area contributed by atoms with Crippen molar-refractivity contribution in [2.24, 2.45) is 0 Å². The van der Waals surface area contributed by atoms with Crippen LogP contribution in [0.2, 0.25) is 5.02 Å². The predicted octanol–water partition coefficient (Wildman–Crippen LogP) is 4.71. The van der Waals surface area contributed by atoms with E-state index in [0.717, 1.165) is 15.0 Å². The third-order valence-electron chi connectivity index (χ3n) is 2.93. The van der Waals surface area contributed by atoms with Crippen LogP contribution in [0.15, 0.2) is 47.8 Å². The molecule has 0 atom stereocenters. The van der Waals surface area contributed by atoms with Crippen LogP contribution in [0.5, 0.6) is 0 Å². The maximum Gasteiger partial charge on any atom is 0.197 e. The van der Waals surface area contributed by atoms with Crippen LogP contribution in [0.4, 0.5) is 0 Å². The third kappa shape index (κ3) is 1.57. The number of halogens is 1. The van der Waals surface area contributed by atoms with Crippen molar-refractivity contribution in [2.45, 2.75) is 0 Å². The van der Waals surface area contributed by atoms with Gasteiger partial charge in [-0.05, 0) is 23.8 Å². The summed E-state index contributed by atoms with van der Waals surface area (Å²) in [5.41, 5.74) is 0.843. The summed E-state index contributed by atoms with van der Waals surface area (Å²) in [6.07, 6.45) is 1.71. The monoisotopic (exact) mass is 272 g/mol. The molecule has 1 aromatic heterocycles. The predicted molar refractivity (Wildman–Crippen MR) is 80.7 cm³/mol. The van der Waals surface area contributed by atoms with Gasteiger partial charge in [-0.25, -0.2) is 0 Å². The number of hydrogen-bond donors (Lipinski definition) is 0. The molecule has 1 nitrogen and oxygen atoms in total. The fourth-order valence-corrected chi connectivity index (χ4v) is 3.56. The molecular weight excluding hydrogens is 264 g/mol. The van der Waals surface area contributed by atoms with Crippen molar-refractivity contribution in [3.05, 3.63) is 63.8 Å². The van der Waals surface area contributed by atoms with Crippen molar-refractivity contribution in [1.29, 1.82) is 0 Å². The minimum Gasteiger partial charge on any atom is -0.288 e. The smallest absolute Gasteiger partial charge is 0.197 e. The minimum absolute atomic E-state index is 0.0140. The van der Waals surface area contributed by atoms with Crippen LogP contribution in [-0.2, 0) is 0 Å². The molecule has 0 radical (unpaired) electrons. The quantitative estimate of drug-likeness (QED) is 0.586. The SMILES string of the molecule is C=Cc1cccc2sc3cccc(Cl)c3c(=O)c12. The first-order valence-electron chi connectivity index (χ1n) is 5.49. The summed E-state index contributed by atoms with van der Waals surface area (Å²) in [7, 11) is 0. The van der Waals surface area contributed by atoms with Gasteiger partial charge in [0.05, 0.1) is 10.4 Å². The van der Waals surface area contributed by atoms with Crippen LogP contribution in [0.3, 0.4) is 0 Å². The highest BCUT2D eigenvalue weighted by Gasteiger charge is 2.10. The van der Waals surface area contributed by atoms with Gasteiger partial charge in [0.1, 0.15) is 0 Å². The summed E-state index contributed by atoms with van der Waals surface area (Å²) in [4.78, 5) is 12.6. The molecule has 3 heteroatoms. The molecule has 0 spiro atoms. The summed E-state index contributed by atoms with van der Waals surface area (Å²) >= 11 is 7.72. The van der Waals surface area contributed by atoms with Crippen LogP contribution < -0.4 is 5.43 Å². The number of benzene rings is 2. The lowest BCUT2D eigenvalue weighted by atomic mass is 10.1. The maximum atomic E-state index is 12.6. The summed E-state index contributed by atoms with van der Waals surface area (Å²) in [6, 6.07) is 11.3. The van der Waals surface area contributed by atoms with Crippen LogP contribution in [0.25, 0.3) is 26.2 Å². The van der Waals surface area contributed by atoms with Crippen molar-refractivity contribution in [2.75, 3.05) is 0 Å². The lowest BCUT2D eigenvalue weighted by Crippen LogP contribution is -2.03. The second kappa shape index (κ2) is 4.23. The molecule has 88 valence electrons. The van der Waals surface area contributed by atoms with E-state index in [2.05, 4.69) is 6.58 Å². The Labute approximate surface area is 113 Å². The van der Waals surface area contributed by atoms with Crippen molar-refractivity contribution in [1.82, 2.24) is 0 Å². The van der Waals surface area contributed by atoms with Crippen molar-refractivity contribution in [3.63, 3.8) is 0 Å². The van der Waals surface area contributed by atoms with E-state index < -0.39 is 0 Å². The van der Waals surface area contributed by atoms with Gasteiger partial charge in [-0.3, -0.25) is 4.79 Å². The van der Waals surface area contributed by atoms with Gasteiger partial charge in [0.15, 0.2) is 5.43 Å². The Bertz CT molecular complexity index is 833. The molecule has 0 aliphatic rings. The van der Waals surface area contributed by atoms with Gasteiger partial charge in [0, 0.05) is 14.8 Å². The molecule has 0 saturated heterocycles. The Morgan fingerprint density at radius 3 is 2.44 bits per heavy atom. The van der Waals surface area contributed by atoms with E-state index in [1.165, 1.54) is 0 Å². The number of rotatable bonds is 1. The third-order valence-corrected chi connectivity index (χ3v) is 4.36. The minimum atomic E-state index is -0.0140. The summed E-state index contributed by atoms with van der Waals surface area (Å²) in [6.45, 7) is 3.76. The Hall–Kier alpha value is -1.64. The second-order valence-electron chi connectivity index (χ2n) is 3.97. The van der Waals surface area contributed by atoms with E-state index in [4.69, 9.17) is 11.6 Å². The molecule has 0 aliphatic carbocycles. The first-order chi connectivity index (χ1) is 8.72. The van der Waals surface area contributed by atoms with E-state index in [1.807, 2.05) is 30.3 Å². The lowest BCUT2D eigenvalue weighted by molar-refractivity contribution is 1.71. The molecule has 3 rings (SSSR count). The first-order valence-corrected chi connectivity index (χ1v) is 6.68. The lowest BCUT2D eigenvalue weighted by Gasteiger charge is -2.04. The molecule has 0 N–H and O–H groups in total. The molecule has 18 heavy (non-hydrogen) atoms. The summed E-state index contributed by atoms with van der Waals surface area (Å²) in [5, 5.41) is 1.82. The van der Waals surface area contributed by atoms with E-state index in [1.54, 1.807) is 23.5 Å². The van der Waals surface area contributed by atoms with Gasteiger partial charge in [0.2, 0.25) is 0 Å². The number of fused-ring (bicyclic) bond motifs is 2. The van der Waals surface area contributed by atoms with E-state index in [9.17, 15) is 4.79 Å². The maximum absolute atomic E-state index is 12.6. The van der Waals surface area contributed by atoms with Gasteiger partial charge in [-0.15, -0.1) is 11.3 Å². The van der Waals surface area contributed by atoms with Crippen LogP contribution in [0, 0.1) is 0 Å². The highest BCUT2D eigenvalue weighted by atomic mass is 35.5. The average Bonchev–Trinajstić information content (AvgIpc) is 2.38. The molecule has 3 aromatic rings. The molecular formula is C15H9ClOS. The van der Waals surface area contributed by atoms with Gasteiger partial charge >= 0.3 is 0 Å². The molecule has 0 fully saturated rings. The van der Waals surface area contributed by atoms with E-state index >= 15 is 0 Å². The molecule has 2 aromatic carbocycles. The Morgan fingerprint density at radius 2 is 1.72 bits per heavy atom. The van der Waals surface area contributed by atoms with Gasteiger partial charge in [-0.2, -0.15) is 0 Å². The Kier molecular flexibility index (Phi) is 2.69. The molecule has 0 bridgehead atoms. The standard InChI is InChI=1S/C15H9ClOS/c1-2-9-5-3-7-11-13(9)15(17)14-10(16)6-4-8-12(14)18-11/h2-8H,1H2. The Balaban J connectivity index is 2.67. The van der Waals surface area contributed by atoms with Crippen LogP contribution >= 0.6 is 22.9 Å². The zero-order valence-electron chi connectivity index (χ0n) is 9.44. The highest BCUT2D eigenvalue weighted by molar-refractivity contribution is 7.24. The molecule has 0 saturated carbocycles. The topological polar surface area (TPSA) is 17.1 Å². The van der Waals surface area contributed by atoms with Crippen molar-refractivity contribution < 1.29 is 0 Å². The Morgan fingerprint density at radius 1 is 1.06 bits per heavy atom. The molecule has 0 unspecified atom stereocenters. The average molecular weight is 273 g/mol. The van der Waals surface area contributed by atoms with Gasteiger partial charge in [-0.1, -0.05) is 42.5 Å².